The second-order valence-electron chi connectivity index (χ2n) is 4.91. The molecule has 0 saturated carbocycles. The Morgan fingerprint density at radius 1 is 1.37 bits per heavy atom. The SMILES string of the molecule is CCCn1nc(C)c(N)c1N(C)Cc1ccc(C)o1. The van der Waals surface area contributed by atoms with E-state index < -0.39 is 0 Å². The van der Waals surface area contributed by atoms with Crippen LogP contribution in [0.2, 0.25) is 0 Å². The van der Waals surface area contributed by atoms with E-state index in [0.29, 0.717) is 6.54 Å². The summed E-state index contributed by atoms with van der Waals surface area (Å²) in [7, 11) is 2.01. The van der Waals surface area contributed by atoms with Crippen molar-refractivity contribution < 1.29 is 4.42 Å². The first-order valence-corrected chi connectivity index (χ1v) is 6.62. The molecule has 2 heterocycles. The summed E-state index contributed by atoms with van der Waals surface area (Å²) in [5.41, 5.74) is 7.77. The van der Waals surface area contributed by atoms with Crippen molar-refractivity contribution in [3.05, 3.63) is 29.3 Å². The van der Waals surface area contributed by atoms with Gasteiger partial charge >= 0.3 is 0 Å². The van der Waals surface area contributed by atoms with Crippen LogP contribution in [0.15, 0.2) is 16.5 Å². The summed E-state index contributed by atoms with van der Waals surface area (Å²) in [6.07, 6.45) is 1.03. The van der Waals surface area contributed by atoms with E-state index in [-0.39, 0.29) is 0 Å². The molecule has 5 nitrogen and oxygen atoms in total. The molecule has 2 N–H and O–H groups in total. The second-order valence-corrected chi connectivity index (χ2v) is 4.91. The Labute approximate surface area is 114 Å². The average Bonchev–Trinajstić information content (AvgIpc) is 2.85. The molecule has 2 aromatic rings. The quantitative estimate of drug-likeness (QED) is 0.900. The minimum absolute atomic E-state index is 0.687. The van der Waals surface area contributed by atoms with Crippen LogP contribution in [0.1, 0.15) is 30.6 Å². The van der Waals surface area contributed by atoms with Crippen LogP contribution >= 0.6 is 0 Å². The van der Waals surface area contributed by atoms with Crippen molar-refractivity contribution in [3.8, 4) is 0 Å². The Hall–Kier alpha value is -1.91. The van der Waals surface area contributed by atoms with Gasteiger partial charge in [0.05, 0.1) is 17.9 Å². The van der Waals surface area contributed by atoms with Gasteiger partial charge in [0.25, 0.3) is 0 Å². The third-order valence-electron chi connectivity index (χ3n) is 3.13. The molecule has 0 unspecified atom stereocenters. The summed E-state index contributed by atoms with van der Waals surface area (Å²) in [6, 6.07) is 3.97. The highest BCUT2D eigenvalue weighted by Crippen LogP contribution is 2.27. The minimum atomic E-state index is 0.687. The monoisotopic (exact) mass is 262 g/mol. The lowest BCUT2D eigenvalue weighted by Gasteiger charge is -2.20. The molecular weight excluding hydrogens is 240 g/mol. The second kappa shape index (κ2) is 5.38. The van der Waals surface area contributed by atoms with Crippen LogP contribution in [0.3, 0.4) is 0 Å². The Balaban J connectivity index is 2.24. The highest BCUT2D eigenvalue weighted by Gasteiger charge is 2.17. The van der Waals surface area contributed by atoms with E-state index in [4.69, 9.17) is 10.2 Å². The maximum absolute atomic E-state index is 6.14. The number of furan rings is 1. The van der Waals surface area contributed by atoms with Gasteiger partial charge in [0, 0.05) is 13.6 Å². The van der Waals surface area contributed by atoms with Gasteiger partial charge in [-0.25, -0.2) is 4.68 Å². The standard InChI is InChI=1S/C14H22N4O/c1-5-8-18-14(13(15)11(3)16-18)17(4)9-12-7-6-10(2)19-12/h6-7H,5,8-9,15H2,1-4H3. The summed E-state index contributed by atoms with van der Waals surface area (Å²) in [5.74, 6) is 2.82. The van der Waals surface area contributed by atoms with Crippen molar-refractivity contribution in [1.29, 1.82) is 0 Å². The van der Waals surface area contributed by atoms with E-state index >= 15 is 0 Å². The summed E-state index contributed by atoms with van der Waals surface area (Å²) < 4.78 is 7.58. The topological polar surface area (TPSA) is 60.2 Å². The van der Waals surface area contributed by atoms with E-state index in [1.165, 1.54) is 0 Å². The van der Waals surface area contributed by atoms with Crippen molar-refractivity contribution in [1.82, 2.24) is 9.78 Å². The molecule has 19 heavy (non-hydrogen) atoms. The van der Waals surface area contributed by atoms with E-state index in [0.717, 1.165) is 41.7 Å². The van der Waals surface area contributed by atoms with Gasteiger partial charge in [-0.3, -0.25) is 0 Å². The number of nitrogens with two attached hydrogens (primary N) is 1. The summed E-state index contributed by atoms with van der Waals surface area (Å²) >= 11 is 0. The molecule has 5 heteroatoms. The molecule has 104 valence electrons. The summed E-state index contributed by atoms with van der Waals surface area (Å²) in [5, 5.41) is 4.49. The number of aromatic nitrogens is 2. The number of rotatable bonds is 5. The molecule has 0 bridgehead atoms. The van der Waals surface area contributed by atoms with Gasteiger partial charge in [0.2, 0.25) is 0 Å². The number of nitrogens with zero attached hydrogens (tertiary/aromatic N) is 3. The zero-order valence-corrected chi connectivity index (χ0v) is 12.1. The molecule has 0 aromatic carbocycles. The Morgan fingerprint density at radius 3 is 2.68 bits per heavy atom. The van der Waals surface area contributed by atoms with Crippen LogP contribution < -0.4 is 10.6 Å². The van der Waals surface area contributed by atoms with Crippen molar-refractivity contribution in [2.45, 2.75) is 40.3 Å². The summed E-state index contributed by atoms with van der Waals surface area (Å²) in [6.45, 7) is 7.58. The van der Waals surface area contributed by atoms with Crippen molar-refractivity contribution >= 4 is 11.5 Å². The number of anilines is 2. The largest absolute Gasteiger partial charge is 0.464 e. The Kier molecular flexibility index (Phi) is 3.83. The fourth-order valence-corrected chi connectivity index (χ4v) is 2.23. The highest BCUT2D eigenvalue weighted by atomic mass is 16.3. The average molecular weight is 262 g/mol. The molecule has 0 aliphatic carbocycles. The lowest BCUT2D eigenvalue weighted by molar-refractivity contribution is 0.478. The first kappa shape index (κ1) is 13.5. The molecule has 0 amide bonds. The predicted molar refractivity (Wildman–Crippen MR) is 77.2 cm³/mol. The van der Waals surface area contributed by atoms with Crippen LogP contribution in [-0.4, -0.2) is 16.8 Å². The molecular formula is C14H22N4O. The van der Waals surface area contributed by atoms with Crippen molar-refractivity contribution in [2.75, 3.05) is 17.7 Å². The predicted octanol–water partition coefficient (Wildman–Crippen LogP) is 2.72. The zero-order chi connectivity index (χ0) is 14.0. The third-order valence-corrected chi connectivity index (χ3v) is 3.13. The maximum Gasteiger partial charge on any atom is 0.150 e. The van der Waals surface area contributed by atoms with Gasteiger partial charge in [-0.1, -0.05) is 6.92 Å². The molecule has 0 fully saturated rings. The summed E-state index contributed by atoms with van der Waals surface area (Å²) in [4.78, 5) is 2.09. The smallest absolute Gasteiger partial charge is 0.150 e. The molecule has 0 saturated heterocycles. The maximum atomic E-state index is 6.14. The van der Waals surface area contributed by atoms with Gasteiger partial charge in [0.1, 0.15) is 11.5 Å². The first-order valence-electron chi connectivity index (χ1n) is 6.62. The Bertz CT molecular complexity index is 556. The zero-order valence-electron chi connectivity index (χ0n) is 12.1. The molecule has 0 aliphatic heterocycles. The number of nitrogen functional groups attached to an aromatic ring is 1. The van der Waals surface area contributed by atoms with Gasteiger partial charge in [0.15, 0.2) is 5.82 Å². The van der Waals surface area contributed by atoms with E-state index in [1.54, 1.807) is 0 Å². The molecule has 2 rings (SSSR count). The minimum Gasteiger partial charge on any atom is -0.464 e. The Morgan fingerprint density at radius 2 is 2.11 bits per heavy atom. The third kappa shape index (κ3) is 2.75. The molecule has 0 aliphatic rings. The normalized spacial score (nSPS) is 10.9. The molecule has 0 radical (unpaired) electrons. The fraction of sp³-hybridized carbons (Fsp3) is 0.500. The van der Waals surface area contributed by atoms with Crippen molar-refractivity contribution in [3.63, 3.8) is 0 Å². The van der Waals surface area contributed by atoms with E-state index in [9.17, 15) is 0 Å². The number of aryl methyl sites for hydroxylation is 3. The number of hydrogen-bond acceptors (Lipinski definition) is 4. The van der Waals surface area contributed by atoms with E-state index in [2.05, 4.69) is 16.9 Å². The van der Waals surface area contributed by atoms with Crippen LogP contribution in [-0.2, 0) is 13.1 Å². The van der Waals surface area contributed by atoms with Crippen LogP contribution in [0.4, 0.5) is 11.5 Å². The van der Waals surface area contributed by atoms with Crippen LogP contribution in [0.5, 0.6) is 0 Å². The van der Waals surface area contributed by atoms with Crippen LogP contribution in [0.25, 0.3) is 0 Å². The number of hydrogen-bond donors (Lipinski definition) is 1. The van der Waals surface area contributed by atoms with Gasteiger partial charge in [-0.15, -0.1) is 0 Å². The molecule has 0 spiro atoms. The fourth-order valence-electron chi connectivity index (χ4n) is 2.23. The van der Waals surface area contributed by atoms with E-state index in [1.807, 2.05) is 37.7 Å². The lowest BCUT2D eigenvalue weighted by Crippen LogP contribution is -2.21. The molecule has 0 atom stereocenters. The lowest BCUT2D eigenvalue weighted by atomic mass is 10.3. The van der Waals surface area contributed by atoms with Crippen molar-refractivity contribution in [2.24, 2.45) is 0 Å². The highest BCUT2D eigenvalue weighted by molar-refractivity contribution is 5.65. The van der Waals surface area contributed by atoms with Gasteiger partial charge < -0.3 is 15.1 Å². The van der Waals surface area contributed by atoms with Crippen LogP contribution in [0, 0.1) is 13.8 Å². The molecule has 2 aromatic heterocycles. The first-order chi connectivity index (χ1) is 9.02. The van der Waals surface area contributed by atoms with Gasteiger partial charge in [-0.05, 0) is 32.4 Å². The van der Waals surface area contributed by atoms with Gasteiger partial charge in [-0.2, -0.15) is 5.10 Å².